The summed E-state index contributed by atoms with van der Waals surface area (Å²) in [5.41, 5.74) is 6.73. The van der Waals surface area contributed by atoms with Gasteiger partial charge in [0, 0.05) is 36.1 Å². The van der Waals surface area contributed by atoms with Crippen molar-refractivity contribution in [1.29, 1.82) is 0 Å². The monoisotopic (exact) mass is 508 g/mol. The van der Waals surface area contributed by atoms with Crippen molar-refractivity contribution in [3.63, 3.8) is 0 Å². The van der Waals surface area contributed by atoms with E-state index in [4.69, 9.17) is 9.47 Å². The van der Waals surface area contributed by atoms with E-state index >= 15 is 0 Å². The first-order valence-corrected chi connectivity index (χ1v) is 13.2. The molecule has 38 heavy (non-hydrogen) atoms. The van der Waals surface area contributed by atoms with Crippen LogP contribution in [0, 0.1) is 0 Å². The number of fused-ring (bicyclic) bond motifs is 2. The summed E-state index contributed by atoms with van der Waals surface area (Å²) in [5.74, 6) is 1.49. The Morgan fingerprint density at radius 1 is 1.11 bits per heavy atom. The highest BCUT2D eigenvalue weighted by Crippen LogP contribution is 2.44. The molecule has 4 aromatic rings. The van der Waals surface area contributed by atoms with Gasteiger partial charge in [0.25, 0.3) is 0 Å². The van der Waals surface area contributed by atoms with Crippen molar-refractivity contribution < 1.29 is 14.3 Å². The molecule has 0 saturated carbocycles. The smallest absolute Gasteiger partial charge is 0.250 e. The SMILES string of the molecule is C=CC(=O)N1CCc2ccc(-c3c(-c4cccc(OCCN5CCCC5)c4)[nH]c4nccc(OC)c34)cc21. The van der Waals surface area contributed by atoms with Crippen LogP contribution in [0.1, 0.15) is 18.4 Å². The molecule has 0 aliphatic carbocycles. The van der Waals surface area contributed by atoms with E-state index < -0.39 is 0 Å². The van der Waals surface area contributed by atoms with Crippen molar-refractivity contribution in [2.24, 2.45) is 0 Å². The van der Waals surface area contributed by atoms with Crippen LogP contribution in [0.4, 0.5) is 5.69 Å². The Kier molecular flexibility index (Phi) is 6.60. The Labute approximate surface area is 222 Å². The number of carbonyl (C=O) groups is 1. The van der Waals surface area contributed by atoms with Gasteiger partial charge in [-0.05, 0) is 73.8 Å². The number of pyridine rings is 1. The van der Waals surface area contributed by atoms with Crippen LogP contribution < -0.4 is 14.4 Å². The van der Waals surface area contributed by atoms with Crippen LogP contribution in [0.2, 0.25) is 0 Å². The number of H-pyrrole nitrogens is 1. The summed E-state index contributed by atoms with van der Waals surface area (Å²) in [7, 11) is 1.67. The zero-order chi connectivity index (χ0) is 26.1. The Balaban J connectivity index is 1.42. The van der Waals surface area contributed by atoms with Gasteiger partial charge in [-0.15, -0.1) is 0 Å². The second kappa shape index (κ2) is 10.3. The van der Waals surface area contributed by atoms with Gasteiger partial charge in [0.15, 0.2) is 0 Å². The van der Waals surface area contributed by atoms with Gasteiger partial charge in [0.05, 0.1) is 18.2 Å². The normalized spacial score (nSPS) is 15.1. The summed E-state index contributed by atoms with van der Waals surface area (Å²) in [5, 5.41) is 0.907. The first kappa shape index (κ1) is 24.2. The summed E-state index contributed by atoms with van der Waals surface area (Å²) >= 11 is 0. The van der Waals surface area contributed by atoms with Crippen LogP contribution in [-0.4, -0.2) is 60.7 Å². The molecule has 2 aliphatic rings. The van der Waals surface area contributed by atoms with Crippen LogP contribution >= 0.6 is 0 Å². The molecule has 4 heterocycles. The molecule has 0 atom stereocenters. The summed E-state index contributed by atoms with van der Waals surface area (Å²) in [6.07, 6.45) is 6.51. The van der Waals surface area contributed by atoms with Gasteiger partial charge >= 0.3 is 0 Å². The Morgan fingerprint density at radius 3 is 2.79 bits per heavy atom. The van der Waals surface area contributed by atoms with Crippen LogP contribution in [0.3, 0.4) is 0 Å². The minimum atomic E-state index is -0.0851. The second-order valence-electron chi connectivity index (χ2n) is 9.82. The lowest BCUT2D eigenvalue weighted by molar-refractivity contribution is -0.114. The van der Waals surface area contributed by atoms with Crippen LogP contribution in [-0.2, 0) is 11.2 Å². The average Bonchev–Trinajstić information content (AvgIpc) is 3.71. The summed E-state index contributed by atoms with van der Waals surface area (Å²) in [6, 6.07) is 16.4. The number of nitrogens with zero attached hydrogens (tertiary/aromatic N) is 3. The van der Waals surface area contributed by atoms with Gasteiger partial charge in [-0.25, -0.2) is 4.98 Å². The second-order valence-corrected chi connectivity index (χ2v) is 9.82. The zero-order valence-electron chi connectivity index (χ0n) is 21.7. The maximum Gasteiger partial charge on any atom is 0.250 e. The molecule has 0 unspecified atom stereocenters. The number of ether oxygens (including phenoxy) is 2. The van der Waals surface area contributed by atoms with Gasteiger partial charge in [0.1, 0.15) is 23.8 Å². The molecule has 7 nitrogen and oxygen atoms in total. The van der Waals surface area contributed by atoms with Crippen molar-refractivity contribution in [2.45, 2.75) is 19.3 Å². The van der Waals surface area contributed by atoms with Gasteiger partial charge in [-0.1, -0.05) is 30.8 Å². The number of anilines is 1. The molecule has 0 spiro atoms. The number of hydrogen-bond acceptors (Lipinski definition) is 5. The third-order valence-electron chi connectivity index (χ3n) is 7.58. The van der Waals surface area contributed by atoms with E-state index in [2.05, 4.69) is 51.8 Å². The maximum atomic E-state index is 12.5. The van der Waals surface area contributed by atoms with Crippen molar-refractivity contribution in [3.8, 4) is 33.9 Å². The summed E-state index contributed by atoms with van der Waals surface area (Å²) in [6.45, 7) is 8.27. The number of carbonyl (C=O) groups excluding carboxylic acids is 1. The van der Waals surface area contributed by atoms with Gasteiger partial charge in [0.2, 0.25) is 5.91 Å². The van der Waals surface area contributed by atoms with Gasteiger partial charge in [-0.3, -0.25) is 9.69 Å². The number of aromatic amines is 1. The van der Waals surface area contributed by atoms with E-state index in [-0.39, 0.29) is 5.91 Å². The largest absolute Gasteiger partial charge is 0.496 e. The summed E-state index contributed by atoms with van der Waals surface area (Å²) in [4.78, 5) is 24.9. The molecule has 0 radical (unpaired) electrons. The lowest BCUT2D eigenvalue weighted by atomic mass is 9.96. The number of methoxy groups -OCH3 is 1. The minimum Gasteiger partial charge on any atom is -0.496 e. The molecule has 2 aromatic carbocycles. The zero-order valence-corrected chi connectivity index (χ0v) is 21.7. The van der Waals surface area contributed by atoms with Crippen LogP contribution in [0.25, 0.3) is 33.4 Å². The number of aromatic nitrogens is 2. The number of nitrogens with one attached hydrogen (secondary N) is 1. The third kappa shape index (κ3) is 4.43. The van der Waals surface area contributed by atoms with E-state index in [1.54, 1.807) is 18.2 Å². The van der Waals surface area contributed by atoms with E-state index in [0.29, 0.717) is 13.2 Å². The van der Waals surface area contributed by atoms with Crippen LogP contribution in [0.15, 0.2) is 67.4 Å². The molecule has 1 fully saturated rings. The number of amides is 1. The third-order valence-corrected chi connectivity index (χ3v) is 7.58. The van der Waals surface area contributed by atoms with Gasteiger partial charge in [-0.2, -0.15) is 0 Å². The fourth-order valence-electron chi connectivity index (χ4n) is 5.68. The predicted molar refractivity (Wildman–Crippen MR) is 151 cm³/mol. The Morgan fingerprint density at radius 2 is 1.97 bits per heavy atom. The van der Waals surface area contributed by atoms with E-state index in [1.165, 1.54) is 18.9 Å². The predicted octanol–water partition coefficient (Wildman–Crippen LogP) is 5.46. The van der Waals surface area contributed by atoms with Gasteiger partial charge < -0.3 is 19.4 Å². The highest BCUT2D eigenvalue weighted by molar-refractivity contribution is 6.07. The van der Waals surface area contributed by atoms with Crippen molar-refractivity contribution in [3.05, 3.63) is 72.9 Å². The fraction of sp³-hybridized carbons (Fsp3) is 0.290. The fourth-order valence-corrected chi connectivity index (χ4v) is 5.68. The molecule has 7 heteroatoms. The number of likely N-dealkylation sites (tertiary alicyclic amines) is 1. The standard InChI is InChI=1S/C31H32N4O3/c1-3-27(36)35-16-12-21-9-10-22(20-25(21)35)28-29-26(37-2)11-13-32-31(29)33-30(28)23-7-6-8-24(19-23)38-18-17-34-14-4-5-15-34/h3,6-11,13,19-20H,1,4-5,12,14-18H2,2H3,(H,32,33). The first-order valence-electron chi connectivity index (χ1n) is 13.2. The molecule has 1 saturated heterocycles. The molecular formula is C31H32N4O3. The van der Waals surface area contributed by atoms with E-state index in [0.717, 1.165) is 82.2 Å². The van der Waals surface area contributed by atoms with E-state index in [1.807, 2.05) is 18.2 Å². The van der Waals surface area contributed by atoms with Crippen molar-refractivity contribution >= 4 is 22.6 Å². The molecular weight excluding hydrogens is 476 g/mol. The summed E-state index contributed by atoms with van der Waals surface area (Å²) < 4.78 is 11.9. The van der Waals surface area contributed by atoms with Crippen molar-refractivity contribution in [1.82, 2.24) is 14.9 Å². The lowest BCUT2D eigenvalue weighted by Gasteiger charge is -2.17. The lowest BCUT2D eigenvalue weighted by Crippen LogP contribution is -2.26. The Hall–Kier alpha value is -4.10. The quantitative estimate of drug-likeness (QED) is 0.320. The molecule has 2 aromatic heterocycles. The highest BCUT2D eigenvalue weighted by atomic mass is 16.5. The molecule has 6 rings (SSSR count). The van der Waals surface area contributed by atoms with Crippen molar-refractivity contribution in [2.75, 3.05) is 44.8 Å². The maximum absolute atomic E-state index is 12.5. The topological polar surface area (TPSA) is 70.7 Å². The first-order chi connectivity index (χ1) is 18.7. The number of rotatable bonds is 8. The molecule has 194 valence electrons. The van der Waals surface area contributed by atoms with Crippen LogP contribution in [0.5, 0.6) is 11.5 Å². The highest BCUT2D eigenvalue weighted by Gasteiger charge is 2.26. The number of hydrogen-bond donors (Lipinski definition) is 1. The average molecular weight is 509 g/mol. The molecule has 0 bridgehead atoms. The Bertz CT molecular complexity index is 1500. The molecule has 1 amide bonds. The van der Waals surface area contributed by atoms with E-state index in [9.17, 15) is 4.79 Å². The molecule has 1 N–H and O–H groups in total. The molecule has 2 aliphatic heterocycles. The minimum absolute atomic E-state index is 0.0851. The number of benzene rings is 2.